The number of hydrogen-bond donors (Lipinski definition) is 3. The summed E-state index contributed by atoms with van der Waals surface area (Å²) in [5.74, 6) is -1.03. The molecule has 0 spiro atoms. The van der Waals surface area contributed by atoms with Crippen LogP contribution in [-0.2, 0) is 16.1 Å². The molecule has 0 bridgehead atoms. The molecule has 0 aliphatic carbocycles. The minimum absolute atomic E-state index is 0.159. The Morgan fingerprint density at radius 2 is 2.16 bits per heavy atom. The highest BCUT2D eigenvalue weighted by Gasteiger charge is 2.01. The molecule has 0 saturated carbocycles. The summed E-state index contributed by atoms with van der Waals surface area (Å²) in [6, 6.07) is 3.42. The number of ether oxygens (including phenoxy) is 1. The Morgan fingerprint density at radius 1 is 1.37 bits per heavy atom. The lowest BCUT2D eigenvalue weighted by atomic mass is 10.2. The maximum atomic E-state index is 11.4. The van der Waals surface area contributed by atoms with Gasteiger partial charge in [-0.1, -0.05) is 6.07 Å². The van der Waals surface area contributed by atoms with Gasteiger partial charge < -0.3 is 20.5 Å². The van der Waals surface area contributed by atoms with Crippen molar-refractivity contribution < 1.29 is 19.4 Å². The maximum Gasteiger partial charge on any atom is 0.329 e. The number of hydrogen-bond acceptors (Lipinski definition) is 4. The number of urea groups is 1. The first-order valence-corrected chi connectivity index (χ1v) is 5.80. The first-order chi connectivity index (χ1) is 9.08. The van der Waals surface area contributed by atoms with E-state index in [1.165, 1.54) is 0 Å². The van der Waals surface area contributed by atoms with Gasteiger partial charge >= 0.3 is 12.0 Å². The summed E-state index contributed by atoms with van der Waals surface area (Å²) >= 11 is 0. The van der Waals surface area contributed by atoms with Gasteiger partial charge in [0, 0.05) is 25.0 Å². The van der Waals surface area contributed by atoms with Crippen LogP contribution in [0.25, 0.3) is 0 Å². The molecule has 0 radical (unpaired) electrons. The number of aliphatic carboxylic acids is 1. The minimum atomic E-state index is -1.03. The maximum absolute atomic E-state index is 11.4. The molecule has 0 fully saturated rings. The molecular formula is C12H17N3O4. The number of carboxylic acid groups (broad SMARTS) is 1. The van der Waals surface area contributed by atoms with E-state index in [-0.39, 0.29) is 25.8 Å². The Bertz CT molecular complexity index is 419. The first kappa shape index (κ1) is 14.9. The standard InChI is InChI=1S/C12H17N3O4/c1-9-2-3-10(6-14-9)7-15-12(18)13-4-5-19-8-11(16)17/h2-3,6H,4-5,7-8H2,1H3,(H,16,17)(H2,13,15,18). The largest absolute Gasteiger partial charge is 0.480 e. The minimum Gasteiger partial charge on any atom is -0.480 e. The highest BCUT2D eigenvalue weighted by Crippen LogP contribution is 1.98. The molecule has 104 valence electrons. The summed E-state index contributed by atoms with van der Waals surface area (Å²) in [6.07, 6.45) is 1.70. The SMILES string of the molecule is Cc1ccc(CNC(=O)NCCOCC(=O)O)cn1. The molecule has 0 aromatic carbocycles. The third-order valence-corrected chi connectivity index (χ3v) is 2.18. The second kappa shape index (κ2) is 8.04. The van der Waals surface area contributed by atoms with Crippen molar-refractivity contribution in [3.63, 3.8) is 0 Å². The Labute approximate surface area is 111 Å². The Balaban J connectivity index is 2.11. The lowest BCUT2D eigenvalue weighted by molar-refractivity contribution is -0.142. The monoisotopic (exact) mass is 267 g/mol. The van der Waals surface area contributed by atoms with Crippen LogP contribution in [0.1, 0.15) is 11.3 Å². The average Bonchev–Trinajstić information content (AvgIpc) is 2.37. The van der Waals surface area contributed by atoms with E-state index in [0.29, 0.717) is 6.54 Å². The van der Waals surface area contributed by atoms with Crippen molar-refractivity contribution in [1.29, 1.82) is 0 Å². The van der Waals surface area contributed by atoms with Crippen molar-refractivity contribution in [2.24, 2.45) is 0 Å². The number of nitrogens with one attached hydrogen (secondary N) is 2. The summed E-state index contributed by atoms with van der Waals surface area (Å²) < 4.78 is 4.77. The summed E-state index contributed by atoms with van der Waals surface area (Å²) in [6.45, 7) is 2.32. The van der Waals surface area contributed by atoms with Crippen molar-refractivity contribution >= 4 is 12.0 Å². The van der Waals surface area contributed by atoms with E-state index in [4.69, 9.17) is 9.84 Å². The lowest BCUT2D eigenvalue weighted by Gasteiger charge is -2.07. The van der Waals surface area contributed by atoms with Gasteiger partial charge in [-0.3, -0.25) is 4.98 Å². The number of aryl methyl sites for hydroxylation is 1. The molecule has 0 aliphatic heterocycles. The van der Waals surface area contributed by atoms with Crippen LogP contribution in [0.5, 0.6) is 0 Å². The quantitative estimate of drug-likeness (QED) is 0.616. The van der Waals surface area contributed by atoms with Gasteiger partial charge in [0.25, 0.3) is 0 Å². The molecule has 19 heavy (non-hydrogen) atoms. The number of carboxylic acids is 1. The molecule has 1 rings (SSSR count). The highest BCUT2D eigenvalue weighted by atomic mass is 16.5. The van der Waals surface area contributed by atoms with E-state index < -0.39 is 5.97 Å². The number of carbonyl (C=O) groups excluding carboxylic acids is 1. The molecular weight excluding hydrogens is 250 g/mol. The molecule has 0 aliphatic rings. The number of carbonyl (C=O) groups is 2. The molecule has 1 aromatic heterocycles. The van der Waals surface area contributed by atoms with Gasteiger partial charge in [0.15, 0.2) is 0 Å². The van der Waals surface area contributed by atoms with E-state index >= 15 is 0 Å². The molecule has 1 aromatic rings. The van der Waals surface area contributed by atoms with Crippen LogP contribution in [0.3, 0.4) is 0 Å². The van der Waals surface area contributed by atoms with Crippen LogP contribution in [0.2, 0.25) is 0 Å². The second-order valence-corrected chi connectivity index (χ2v) is 3.86. The van der Waals surface area contributed by atoms with Gasteiger partial charge in [0.2, 0.25) is 0 Å². The van der Waals surface area contributed by atoms with Crippen LogP contribution in [0.4, 0.5) is 4.79 Å². The van der Waals surface area contributed by atoms with Crippen LogP contribution >= 0.6 is 0 Å². The van der Waals surface area contributed by atoms with Gasteiger partial charge in [-0.15, -0.1) is 0 Å². The third kappa shape index (κ3) is 6.99. The molecule has 0 atom stereocenters. The van der Waals surface area contributed by atoms with Crippen molar-refractivity contribution in [3.05, 3.63) is 29.6 Å². The molecule has 0 unspecified atom stereocenters. The zero-order valence-electron chi connectivity index (χ0n) is 10.7. The first-order valence-electron chi connectivity index (χ1n) is 5.80. The van der Waals surface area contributed by atoms with Gasteiger partial charge in [0.1, 0.15) is 6.61 Å². The smallest absolute Gasteiger partial charge is 0.329 e. The average molecular weight is 267 g/mol. The zero-order valence-corrected chi connectivity index (χ0v) is 10.7. The van der Waals surface area contributed by atoms with Crippen LogP contribution < -0.4 is 10.6 Å². The Hall–Kier alpha value is -2.15. The molecule has 7 nitrogen and oxygen atoms in total. The normalized spacial score (nSPS) is 9.95. The zero-order chi connectivity index (χ0) is 14.1. The third-order valence-electron chi connectivity index (χ3n) is 2.18. The highest BCUT2D eigenvalue weighted by molar-refractivity contribution is 5.73. The number of rotatable bonds is 7. The fourth-order valence-corrected chi connectivity index (χ4v) is 1.24. The summed E-state index contributed by atoms with van der Waals surface area (Å²) in [5.41, 5.74) is 1.83. The lowest BCUT2D eigenvalue weighted by Crippen LogP contribution is -2.37. The predicted octanol–water partition coefficient (Wildman–Crippen LogP) is 0.290. The fraction of sp³-hybridized carbons (Fsp3) is 0.417. The summed E-state index contributed by atoms with van der Waals surface area (Å²) in [4.78, 5) is 25.6. The van der Waals surface area contributed by atoms with E-state index in [1.54, 1.807) is 6.20 Å². The summed E-state index contributed by atoms with van der Waals surface area (Å²) in [5, 5.41) is 13.5. The Kier molecular flexibility index (Phi) is 6.31. The molecule has 1 heterocycles. The van der Waals surface area contributed by atoms with Gasteiger partial charge in [-0.05, 0) is 18.6 Å². The Morgan fingerprint density at radius 3 is 2.79 bits per heavy atom. The van der Waals surface area contributed by atoms with Gasteiger partial charge in [0.05, 0.1) is 6.61 Å². The summed E-state index contributed by atoms with van der Waals surface area (Å²) in [7, 11) is 0. The second-order valence-electron chi connectivity index (χ2n) is 3.86. The van der Waals surface area contributed by atoms with E-state index in [2.05, 4.69) is 15.6 Å². The van der Waals surface area contributed by atoms with Gasteiger partial charge in [-0.2, -0.15) is 0 Å². The van der Waals surface area contributed by atoms with Crippen molar-refractivity contribution in [3.8, 4) is 0 Å². The fourth-order valence-electron chi connectivity index (χ4n) is 1.24. The van der Waals surface area contributed by atoms with E-state index in [1.807, 2.05) is 19.1 Å². The number of pyridine rings is 1. The van der Waals surface area contributed by atoms with Crippen LogP contribution in [0.15, 0.2) is 18.3 Å². The van der Waals surface area contributed by atoms with Crippen molar-refractivity contribution in [2.45, 2.75) is 13.5 Å². The van der Waals surface area contributed by atoms with E-state index in [9.17, 15) is 9.59 Å². The molecule has 7 heteroatoms. The number of aromatic nitrogens is 1. The number of nitrogens with zero attached hydrogens (tertiary/aromatic N) is 1. The molecule has 2 amide bonds. The molecule has 0 saturated heterocycles. The van der Waals surface area contributed by atoms with Crippen molar-refractivity contribution in [2.75, 3.05) is 19.8 Å². The topological polar surface area (TPSA) is 101 Å². The number of amides is 2. The van der Waals surface area contributed by atoms with Gasteiger partial charge in [-0.25, -0.2) is 9.59 Å². The van der Waals surface area contributed by atoms with E-state index in [0.717, 1.165) is 11.3 Å². The van der Waals surface area contributed by atoms with Crippen molar-refractivity contribution in [1.82, 2.24) is 15.6 Å². The van der Waals surface area contributed by atoms with Crippen LogP contribution in [0, 0.1) is 6.92 Å². The predicted molar refractivity (Wildman–Crippen MR) is 67.7 cm³/mol. The van der Waals surface area contributed by atoms with Crippen LogP contribution in [-0.4, -0.2) is 41.8 Å². The molecule has 3 N–H and O–H groups in total.